The van der Waals surface area contributed by atoms with E-state index in [0.717, 1.165) is 15.8 Å². The monoisotopic (exact) mass is 293 g/mol. The van der Waals surface area contributed by atoms with Crippen molar-refractivity contribution >= 4 is 28.5 Å². The normalized spacial score (nSPS) is 43.2. The van der Waals surface area contributed by atoms with Crippen LogP contribution < -0.4 is 5.32 Å². The van der Waals surface area contributed by atoms with Crippen LogP contribution in [0.15, 0.2) is 0 Å². The molecular formula is C10H16INO. The van der Waals surface area contributed by atoms with Crippen LogP contribution in [0.4, 0.5) is 0 Å². The summed E-state index contributed by atoms with van der Waals surface area (Å²) in [6.45, 7) is 1.63. The highest BCUT2D eigenvalue weighted by Crippen LogP contribution is 2.47. The minimum Gasteiger partial charge on any atom is -0.353 e. The zero-order valence-electron chi connectivity index (χ0n) is 7.92. The average Bonchev–Trinajstić information content (AvgIpc) is 2.56. The third-order valence-electron chi connectivity index (χ3n) is 3.51. The van der Waals surface area contributed by atoms with Crippen molar-refractivity contribution in [2.75, 3.05) is 0 Å². The van der Waals surface area contributed by atoms with Gasteiger partial charge in [0.05, 0.1) is 0 Å². The summed E-state index contributed by atoms with van der Waals surface area (Å²) in [5.74, 6) is 1.81. The van der Waals surface area contributed by atoms with Crippen LogP contribution in [-0.2, 0) is 4.79 Å². The Morgan fingerprint density at radius 1 is 1.23 bits per heavy atom. The first kappa shape index (κ1) is 9.74. The van der Waals surface area contributed by atoms with Crippen LogP contribution in [0.2, 0.25) is 0 Å². The number of hydrogen-bond donors (Lipinski definition) is 1. The molecule has 0 heterocycles. The first-order valence-corrected chi connectivity index (χ1v) is 6.34. The van der Waals surface area contributed by atoms with Crippen molar-refractivity contribution in [2.24, 2.45) is 11.8 Å². The molecule has 2 aliphatic rings. The summed E-state index contributed by atoms with van der Waals surface area (Å²) in [7, 11) is 0. The lowest BCUT2D eigenvalue weighted by Crippen LogP contribution is -2.36. The van der Waals surface area contributed by atoms with E-state index < -0.39 is 0 Å². The quantitative estimate of drug-likeness (QED) is 0.582. The Balaban J connectivity index is 1.98. The Morgan fingerprint density at radius 3 is 2.62 bits per heavy atom. The van der Waals surface area contributed by atoms with E-state index in [-0.39, 0.29) is 5.91 Å². The van der Waals surface area contributed by atoms with E-state index in [4.69, 9.17) is 0 Å². The second-order valence-electron chi connectivity index (χ2n) is 4.31. The van der Waals surface area contributed by atoms with Crippen LogP contribution in [0.5, 0.6) is 0 Å². The summed E-state index contributed by atoms with van der Waals surface area (Å²) < 4.78 is 0.862. The van der Waals surface area contributed by atoms with Crippen LogP contribution in [0, 0.1) is 11.8 Å². The molecule has 13 heavy (non-hydrogen) atoms. The van der Waals surface area contributed by atoms with Gasteiger partial charge < -0.3 is 5.32 Å². The maximum atomic E-state index is 11.0. The van der Waals surface area contributed by atoms with E-state index in [1.165, 1.54) is 25.7 Å². The fourth-order valence-corrected chi connectivity index (χ4v) is 4.22. The molecule has 0 bridgehead atoms. The van der Waals surface area contributed by atoms with Crippen LogP contribution in [0.3, 0.4) is 0 Å². The molecule has 3 heteroatoms. The number of fused-ring (bicyclic) bond motifs is 1. The zero-order chi connectivity index (χ0) is 9.42. The zero-order valence-corrected chi connectivity index (χ0v) is 10.1. The minimum atomic E-state index is 0.141. The lowest BCUT2D eigenvalue weighted by molar-refractivity contribution is -0.119. The SMILES string of the molecule is CC(=O)NC1CC[C@H]2C(I)CC[C@@H]12. The number of nitrogens with one attached hydrogen (secondary N) is 1. The Labute approximate surface area is 93.0 Å². The summed E-state index contributed by atoms with van der Waals surface area (Å²) in [6.07, 6.45) is 5.20. The van der Waals surface area contributed by atoms with Gasteiger partial charge in [-0.1, -0.05) is 22.6 Å². The summed E-state index contributed by atoms with van der Waals surface area (Å²) in [6, 6.07) is 0.488. The molecule has 74 valence electrons. The molecule has 2 rings (SSSR count). The maximum absolute atomic E-state index is 11.0. The Morgan fingerprint density at radius 2 is 1.92 bits per heavy atom. The highest BCUT2D eigenvalue weighted by molar-refractivity contribution is 14.1. The Hall–Kier alpha value is 0.200. The van der Waals surface area contributed by atoms with Gasteiger partial charge in [-0.25, -0.2) is 0 Å². The fraction of sp³-hybridized carbons (Fsp3) is 0.900. The molecule has 2 aliphatic carbocycles. The van der Waals surface area contributed by atoms with Gasteiger partial charge in [-0.3, -0.25) is 4.79 Å². The topological polar surface area (TPSA) is 29.1 Å². The molecular weight excluding hydrogens is 277 g/mol. The molecule has 0 aliphatic heterocycles. The number of amides is 1. The average molecular weight is 293 g/mol. The molecule has 0 saturated heterocycles. The number of hydrogen-bond acceptors (Lipinski definition) is 1. The smallest absolute Gasteiger partial charge is 0.217 e. The molecule has 0 aromatic carbocycles. The van der Waals surface area contributed by atoms with Crippen molar-refractivity contribution < 1.29 is 4.79 Å². The summed E-state index contributed by atoms with van der Waals surface area (Å²) >= 11 is 2.58. The number of halogens is 1. The molecule has 4 atom stereocenters. The Bertz CT molecular complexity index is 219. The third-order valence-corrected chi connectivity index (χ3v) is 5.05. The van der Waals surface area contributed by atoms with Gasteiger partial charge >= 0.3 is 0 Å². The molecule has 1 N–H and O–H groups in total. The van der Waals surface area contributed by atoms with Crippen molar-refractivity contribution in [3.05, 3.63) is 0 Å². The lowest BCUT2D eigenvalue weighted by Gasteiger charge is -2.19. The molecule has 2 unspecified atom stereocenters. The number of alkyl halides is 1. The largest absolute Gasteiger partial charge is 0.353 e. The lowest BCUT2D eigenvalue weighted by atomic mass is 9.98. The molecule has 0 radical (unpaired) electrons. The standard InChI is InChI=1S/C10H16INO/c1-6(13)12-10-5-3-7-8(10)2-4-9(7)11/h7-10H,2-5H2,1H3,(H,12,13)/t7-,8-,9?,10?/m1/s1. The maximum Gasteiger partial charge on any atom is 0.217 e. The van der Waals surface area contributed by atoms with Crippen molar-refractivity contribution in [1.82, 2.24) is 5.32 Å². The first-order valence-electron chi connectivity index (χ1n) is 5.09. The molecule has 0 spiro atoms. The molecule has 2 saturated carbocycles. The van der Waals surface area contributed by atoms with Crippen LogP contribution in [0.1, 0.15) is 32.6 Å². The van der Waals surface area contributed by atoms with E-state index in [0.29, 0.717) is 6.04 Å². The van der Waals surface area contributed by atoms with Crippen molar-refractivity contribution in [3.8, 4) is 0 Å². The van der Waals surface area contributed by atoms with E-state index in [1.54, 1.807) is 6.92 Å². The third kappa shape index (κ3) is 1.85. The van der Waals surface area contributed by atoms with Gasteiger partial charge in [0.1, 0.15) is 0 Å². The molecule has 0 aromatic rings. The van der Waals surface area contributed by atoms with Gasteiger partial charge in [0.15, 0.2) is 0 Å². The Kier molecular flexibility index (Phi) is 2.81. The molecule has 2 fully saturated rings. The van der Waals surface area contributed by atoms with Crippen LogP contribution >= 0.6 is 22.6 Å². The van der Waals surface area contributed by atoms with Gasteiger partial charge in [0, 0.05) is 16.9 Å². The first-order chi connectivity index (χ1) is 6.18. The van der Waals surface area contributed by atoms with Gasteiger partial charge in [-0.05, 0) is 37.5 Å². The molecule has 2 nitrogen and oxygen atoms in total. The summed E-state index contributed by atoms with van der Waals surface area (Å²) in [4.78, 5) is 11.0. The predicted molar refractivity (Wildman–Crippen MR) is 60.9 cm³/mol. The predicted octanol–water partition coefficient (Wildman–Crippen LogP) is 2.11. The van der Waals surface area contributed by atoms with Crippen molar-refractivity contribution in [1.29, 1.82) is 0 Å². The van der Waals surface area contributed by atoms with E-state index in [1.807, 2.05) is 0 Å². The van der Waals surface area contributed by atoms with Crippen LogP contribution in [-0.4, -0.2) is 15.9 Å². The summed E-state index contributed by atoms with van der Waals surface area (Å²) in [5, 5.41) is 3.09. The second kappa shape index (κ2) is 3.75. The number of carbonyl (C=O) groups is 1. The molecule has 0 aromatic heterocycles. The van der Waals surface area contributed by atoms with E-state index >= 15 is 0 Å². The number of rotatable bonds is 1. The van der Waals surface area contributed by atoms with Crippen molar-refractivity contribution in [2.45, 2.75) is 42.6 Å². The molecule has 1 amide bonds. The van der Waals surface area contributed by atoms with Gasteiger partial charge in [-0.2, -0.15) is 0 Å². The van der Waals surface area contributed by atoms with Crippen molar-refractivity contribution in [3.63, 3.8) is 0 Å². The minimum absolute atomic E-state index is 0.141. The van der Waals surface area contributed by atoms with E-state index in [2.05, 4.69) is 27.9 Å². The second-order valence-corrected chi connectivity index (χ2v) is 5.91. The highest BCUT2D eigenvalue weighted by Gasteiger charge is 2.43. The van der Waals surface area contributed by atoms with Gasteiger partial charge in [0.2, 0.25) is 5.91 Å². The fourth-order valence-electron chi connectivity index (χ4n) is 2.97. The van der Waals surface area contributed by atoms with E-state index in [9.17, 15) is 4.79 Å². The van der Waals surface area contributed by atoms with Gasteiger partial charge in [-0.15, -0.1) is 0 Å². The summed E-state index contributed by atoms with van der Waals surface area (Å²) in [5.41, 5.74) is 0. The number of carbonyl (C=O) groups excluding carboxylic acids is 1. The highest BCUT2D eigenvalue weighted by atomic mass is 127. The van der Waals surface area contributed by atoms with Gasteiger partial charge in [0.25, 0.3) is 0 Å². The van der Waals surface area contributed by atoms with Crippen LogP contribution in [0.25, 0.3) is 0 Å².